The molecule has 1 atom stereocenters. The summed E-state index contributed by atoms with van der Waals surface area (Å²) >= 11 is 0. The third-order valence-corrected chi connectivity index (χ3v) is 2.76. The molecule has 0 radical (unpaired) electrons. The largest absolute Gasteiger partial charge is 1.00 e. The zero-order chi connectivity index (χ0) is 14.7. The summed E-state index contributed by atoms with van der Waals surface area (Å²) in [7, 11) is 0. The number of unbranched alkanes of at least 4 members (excludes halogenated alkanes) is 4. The molecule has 6 nitrogen and oxygen atoms in total. The predicted molar refractivity (Wildman–Crippen MR) is 64.6 cm³/mol. The van der Waals surface area contributed by atoms with Crippen LogP contribution in [0.5, 0.6) is 0 Å². The molecular formula is C13H21K2NO5. The maximum Gasteiger partial charge on any atom is 1.00 e. The Balaban J connectivity index is -0.00000162. The molecule has 0 aromatic rings. The monoisotopic (exact) mass is 349 g/mol. The second-order valence-electron chi connectivity index (χ2n) is 4.51. The van der Waals surface area contributed by atoms with E-state index in [0.717, 1.165) is 25.7 Å². The maximum atomic E-state index is 11.5. The molecule has 0 heterocycles. The molecule has 0 rings (SSSR count). The van der Waals surface area contributed by atoms with Gasteiger partial charge in [0.15, 0.2) is 0 Å². The van der Waals surface area contributed by atoms with Gasteiger partial charge in [-0.1, -0.05) is 32.6 Å². The van der Waals surface area contributed by atoms with E-state index in [2.05, 4.69) is 12.2 Å². The van der Waals surface area contributed by atoms with Gasteiger partial charge in [-0.3, -0.25) is 4.79 Å². The third-order valence-electron chi connectivity index (χ3n) is 2.76. The number of amides is 1. The number of hydrogen-bond acceptors (Lipinski definition) is 5. The van der Waals surface area contributed by atoms with Crippen LogP contribution in [0, 0.1) is 0 Å². The standard InChI is InChI=1S/C13H23NO5.2K/c1-2-3-4-5-6-7-11(15)14-10(13(18)19)8-9-12(16)17;;/h10H,2-9H2,1H3,(H,14,15)(H,16,17)(H,18,19);;/q;2*+1/p-2. The van der Waals surface area contributed by atoms with Crippen molar-refractivity contribution in [2.24, 2.45) is 0 Å². The van der Waals surface area contributed by atoms with Crippen LogP contribution in [-0.4, -0.2) is 23.9 Å². The minimum Gasteiger partial charge on any atom is -0.550 e. The molecule has 21 heavy (non-hydrogen) atoms. The summed E-state index contributed by atoms with van der Waals surface area (Å²) in [6.45, 7) is 2.09. The molecular weight excluding hydrogens is 328 g/mol. The van der Waals surface area contributed by atoms with Crippen LogP contribution in [0.4, 0.5) is 0 Å². The van der Waals surface area contributed by atoms with Gasteiger partial charge in [0.1, 0.15) is 0 Å². The SMILES string of the molecule is CCCCCCCC(=O)NC(CCC(=O)[O-])C(=O)[O-].[K+].[K+]. The minimum atomic E-state index is -1.47. The van der Waals surface area contributed by atoms with Crippen molar-refractivity contribution in [3.05, 3.63) is 0 Å². The van der Waals surface area contributed by atoms with E-state index < -0.39 is 24.4 Å². The number of hydrogen-bond donors (Lipinski definition) is 1. The summed E-state index contributed by atoms with van der Waals surface area (Å²) in [6, 6.07) is -1.26. The molecule has 0 bridgehead atoms. The van der Waals surface area contributed by atoms with Crippen molar-refractivity contribution >= 4 is 17.8 Å². The van der Waals surface area contributed by atoms with Gasteiger partial charge in [0.2, 0.25) is 5.91 Å². The molecule has 0 aromatic carbocycles. The molecule has 0 saturated carbocycles. The van der Waals surface area contributed by atoms with Crippen LogP contribution in [0.25, 0.3) is 0 Å². The number of carbonyl (C=O) groups excluding carboxylic acids is 3. The molecule has 8 heteroatoms. The van der Waals surface area contributed by atoms with Gasteiger partial charge in [0, 0.05) is 12.4 Å². The zero-order valence-electron chi connectivity index (χ0n) is 13.3. The molecule has 0 spiro atoms. The van der Waals surface area contributed by atoms with Crippen molar-refractivity contribution in [3.8, 4) is 0 Å². The number of rotatable bonds is 11. The molecule has 0 aliphatic heterocycles. The molecule has 1 N–H and O–H groups in total. The number of nitrogens with one attached hydrogen (secondary N) is 1. The average Bonchev–Trinajstić information content (AvgIpc) is 2.33. The first-order chi connectivity index (χ1) is 8.97. The quantitative estimate of drug-likeness (QED) is 0.294. The molecule has 1 amide bonds. The predicted octanol–water partition coefficient (Wildman–Crippen LogP) is -6.88. The summed E-state index contributed by atoms with van der Waals surface area (Å²) in [5.74, 6) is -3.20. The van der Waals surface area contributed by atoms with Crippen LogP contribution in [0.15, 0.2) is 0 Å². The van der Waals surface area contributed by atoms with Crippen molar-refractivity contribution in [1.82, 2.24) is 5.32 Å². The second kappa shape index (κ2) is 18.0. The Labute approximate surface area is 211 Å². The van der Waals surface area contributed by atoms with E-state index in [9.17, 15) is 24.6 Å². The van der Waals surface area contributed by atoms with E-state index >= 15 is 0 Å². The van der Waals surface area contributed by atoms with Crippen molar-refractivity contribution in [3.63, 3.8) is 0 Å². The van der Waals surface area contributed by atoms with Crippen LogP contribution >= 0.6 is 0 Å². The molecule has 110 valence electrons. The van der Waals surface area contributed by atoms with Crippen molar-refractivity contribution in [2.75, 3.05) is 0 Å². The van der Waals surface area contributed by atoms with E-state index in [-0.39, 0.29) is 122 Å². The molecule has 0 fully saturated rings. The number of aliphatic carboxylic acids is 2. The first-order valence-electron chi connectivity index (χ1n) is 6.67. The third kappa shape index (κ3) is 17.9. The molecule has 0 saturated heterocycles. The van der Waals surface area contributed by atoms with E-state index in [1.165, 1.54) is 0 Å². The summed E-state index contributed by atoms with van der Waals surface area (Å²) in [4.78, 5) is 32.4. The van der Waals surface area contributed by atoms with Gasteiger partial charge in [-0.2, -0.15) is 0 Å². The molecule has 0 aromatic heterocycles. The van der Waals surface area contributed by atoms with E-state index in [1.54, 1.807) is 0 Å². The second-order valence-corrected chi connectivity index (χ2v) is 4.51. The zero-order valence-corrected chi connectivity index (χ0v) is 19.5. The Bertz CT molecular complexity index is 313. The minimum absolute atomic E-state index is 0. The van der Waals surface area contributed by atoms with Crippen molar-refractivity contribution in [2.45, 2.75) is 64.3 Å². The van der Waals surface area contributed by atoms with Crippen LogP contribution in [0.2, 0.25) is 0 Å². The summed E-state index contributed by atoms with van der Waals surface area (Å²) in [5.41, 5.74) is 0. The van der Waals surface area contributed by atoms with Crippen LogP contribution in [0.3, 0.4) is 0 Å². The van der Waals surface area contributed by atoms with Gasteiger partial charge < -0.3 is 25.1 Å². The van der Waals surface area contributed by atoms with E-state index in [0.29, 0.717) is 6.42 Å². The molecule has 0 aliphatic rings. The van der Waals surface area contributed by atoms with Gasteiger partial charge in [0.05, 0.1) is 12.0 Å². The maximum absolute atomic E-state index is 11.5. The summed E-state index contributed by atoms with van der Waals surface area (Å²) in [6.07, 6.45) is 4.53. The van der Waals surface area contributed by atoms with Crippen LogP contribution < -0.4 is 118 Å². The van der Waals surface area contributed by atoms with Gasteiger partial charge in [-0.05, 0) is 19.3 Å². The van der Waals surface area contributed by atoms with E-state index in [4.69, 9.17) is 0 Å². The van der Waals surface area contributed by atoms with Gasteiger partial charge in [0.25, 0.3) is 0 Å². The number of carboxylic acids is 2. The summed E-state index contributed by atoms with van der Waals surface area (Å²) < 4.78 is 0. The van der Waals surface area contributed by atoms with Gasteiger partial charge >= 0.3 is 103 Å². The Morgan fingerprint density at radius 3 is 2.00 bits per heavy atom. The fourth-order valence-electron chi connectivity index (χ4n) is 1.67. The van der Waals surface area contributed by atoms with Gasteiger partial charge in [-0.15, -0.1) is 0 Å². The Hall–Kier alpha value is 1.68. The number of carboxylic acid groups (broad SMARTS) is 2. The number of carbonyl (C=O) groups is 3. The summed E-state index contributed by atoms with van der Waals surface area (Å²) in [5, 5.41) is 23.2. The Morgan fingerprint density at radius 2 is 1.52 bits per heavy atom. The first-order valence-corrected chi connectivity index (χ1v) is 6.67. The first kappa shape index (κ1) is 27.5. The fourth-order valence-corrected chi connectivity index (χ4v) is 1.67. The normalized spacial score (nSPS) is 10.7. The van der Waals surface area contributed by atoms with Gasteiger partial charge in [-0.25, -0.2) is 0 Å². The molecule has 1 unspecified atom stereocenters. The topological polar surface area (TPSA) is 109 Å². The van der Waals surface area contributed by atoms with Crippen molar-refractivity contribution < 1.29 is 127 Å². The average molecular weight is 350 g/mol. The smallest absolute Gasteiger partial charge is 0.550 e. The van der Waals surface area contributed by atoms with Crippen LogP contribution in [0.1, 0.15) is 58.3 Å². The van der Waals surface area contributed by atoms with Crippen molar-refractivity contribution in [1.29, 1.82) is 0 Å². The fraction of sp³-hybridized carbons (Fsp3) is 0.769. The Morgan fingerprint density at radius 1 is 0.952 bits per heavy atom. The Kier molecular flexibility index (Phi) is 23.6. The van der Waals surface area contributed by atoms with Crippen LogP contribution in [-0.2, 0) is 14.4 Å². The molecule has 0 aliphatic carbocycles. The van der Waals surface area contributed by atoms with E-state index in [1.807, 2.05) is 0 Å².